The number of nitrogens with zero attached hydrogens (tertiary/aromatic N) is 2. The summed E-state index contributed by atoms with van der Waals surface area (Å²) in [6, 6.07) is 3.48. The molecule has 0 fully saturated rings. The molecule has 0 aliphatic carbocycles. The van der Waals surface area contributed by atoms with Gasteiger partial charge in [-0.1, -0.05) is 0 Å². The van der Waals surface area contributed by atoms with E-state index in [-0.39, 0.29) is 0 Å². The zero-order valence-electron chi connectivity index (χ0n) is 6.58. The molecule has 0 atom stereocenters. The van der Waals surface area contributed by atoms with Crippen LogP contribution in [-0.4, -0.2) is 4.98 Å². The first-order valence-electron chi connectivity index (χ1n) is 3.42. The number of hydrogen-bond donors (Lipinski definition) is 0. The minimum Gasteiger partial charge on any atom is -0.227 e. The lowest BCUT2D eigenvalue weighted by atomic mass is 10.2. The maximum atomic E-state index is 12.6. The molecule has 0 spiro atoms. The molecular formula is C9H7FN2. The average Bonchev–Trinajstić information content (AvgIpc) is 2.07. The predicted octanol–water partition coefficient (Wildman–Crippen LogP) is 2.07. The third kappa shape index (κ3) is 1.89. The van der Waals surface area contributed by atoms with Crippen LogP contribution in [0.1, 0.15) is 11.1 Å². The van der Waals surface area contributed by atoms with E-state index in [9.17, 15) is 4.39 Å². The van der Waals surface area contributed by atoms with Crippen LogP contribution in [0.3, 0.4) is 0 Å². The molecule has 0 saturated heterocycles. The summed E-state index contributed by atoms with van der Waals surface area (Å²) in [7, 11) is 0. The van der Waals surface area contributed by atoms with Crippen LogP contribution < -0.4 is 0 Å². The lowest BCUT2D eigenvalue weighted by Crippen LogP contribution is -1.87. The SMILES string of the molecule is Cc1cc(C=CC#N)cnc1F. The van der Waals surface area contributed by atoms with E-state index in [1.165, 1.54) is 12.3 Å². The molecule has 0 saturated carbocycles. The highest BCUT2D eigenvalue weighted by Crippen LogP contribution is 2.06. The van der Waals surface area contributed by atoms with Gasteiger partial charge in [-0.05, 0) is 24.6 Å². The summed E-state index contributed by atoms with van der Waals surface area (Å²) in [6.45, 7) is 1.63. The molecule has 1 aromatic rings. The van der Waals surface area contributed by atoms with Crippen LogP contribution >= 0.6 is 0 Å². The van der Waals surface area contributed by atoms with Crippen molar-refractivity contribution in [3.8, 4) is 6.07 Å². The van der Waals surface area contributed by atoms with Crippen molar-refractivity contribution in [1.82, 2.24) is 4.98 Å². The number of aromatic nitrogens is 1. The Bertz CT molecular complexity index is 350. The Kier molecular flexibility index (Phi) is 2.54. The summed E-state index contributed by atoms with van der Waals surface area (Å²) in [5.74, 6) is -0.468. The van der Waals surface area contributed by atoms with Crippen molar-refractivity contribution >= 4 is 6.08 Å². The first kappa shape index (κ1) is 8.41. The van der Waals surface area contributed by atoms with Crippen LogP contribution in [0.15, 0.2) is 18.3 Å². The highest BCUT2D eigenvalue weighted by Gasteiger charge is 1.96. The third-order valence-corrected chi connectivity index (χ3v) is 1.39. The number of hydrogen-bond acceptors (Lipinski definition) is 2. The molecule has 1 heterocycles. The largest absolute Gasteiger partial charge is 0.227 e. The second-order valence-electron chi connectivity index (χ2n) is 2.34. The van der Waals surface area contributed by atoms with Crippen molar-refractivity contribution in [3.05, 3.63) is 35.4 Å². The van der Waals surface area contributed by atoms with Gasteiger partial charge in [-0.15, -0.1) is 0 Å². The van der Waals surface area contributed by atoms with Crippen molar-refractivity contribution in [2.75, 3.05) is 0 Å². The molecule has 0 unspecified atom stereocenters. The minimum atomic E-state index is -0.468. The van der Waals surface area contributed by atoms with Crippen LogP contribution in [-0.2, 0) is 0 Å². The fourth-order valence-corrected chi connectivity index (χ4v) is 0.804. The third-order valence-electron chi connectivity index (χ3n) is 1.39. The Hall–Kier alpha value is -1.69. The summed E-state index contributed by atoms with van der Waals surface area (Å²) in [5, 5.41) is 8.22. The number of aryl methyl sites for hydroxylation is 1. The number of pyridine rings is 1. The molecule has 0 aliphatic rings. The fourth-order valence-electron chi connectivity index (χ4n) is 0.804. The minimum absolute atomic E-state index is 0.468. The van der Waals surface area contributed by atoms with Gasteiger partial charge in [-0.25, -0.2) is 4.98 Å². The molecule has 12 heavy (non-hydrogen) atoms. The van der Waals surface area contributed by atoms with Crippen molar-refractivity contribution in [1.29, 1.82) is 5.26 Å². The molecule has 2 nitrogen and oxygen atoms in total. The highest BCUT2D eigenvalue weighted by atomic mass is 19.1. The Labute approximate surface area is 70.0 Å². The van der Waals surface area contributed by atoms with Gasteiger partial charge in [0.15, 0.2) is 0 Å². The van der Waals surface area contributed by atoms with Gasteiger partial charge in [0.25, 0.3) is 0 Å². The van der Waals surface area contributed by atoms with Gasteiger partial charge in [0, 0.05) is 17.8 Å². The first-order chi connectivity index (χ1) is 5.74. The fraction of sp³-hybridized carbons (Fsp3) is 0.111. The monoisotopic (exact) mass is 162 g/mol. The van der Waals surface area contributed by atoms with Gasteiger partial charge in [0.05, 0.1) is 6.07 Å². The zero-order valence-corrected chi connectivity index (χ0v) is 6.58. The van der Waals surface area contributed by atoms with E-state index in [1.54, 1.807) is 19.1 Å². The van der Waals surface area contributed by atoms with E-state index in [0.717, 1.165) is 5.56 Å². The van der Waals surface area contributed by atoms with Gasteiger partial charge in [-0.3, -0.25) is 0 Å². The molecular weight excluding hydrogens is 155 g/mol. The Morgan fingerprint density at radius 1 is 1.67 bits per heavy atom. The second kappa shape index (κ2) is 3.63. The van der Waals surface area contributed by atoms with Crippen molar-refractivity contribution < 1.29 is 4.39 Å². The molecule has 0 bridgehead atoms. The number of rotatable bonds is 1. The van der Waals surface area contributed by atoms with Gasteiger partial charge in [-0.2, -0.15) is 9.65 Å². The van der Waals surface area contributed by atoms with E-state index in [4.69, 9.17) is 5.26 Å². The van der Waals surface area contributed by atoms with Gasteiger partial charge in [0.1, 0.15) is 0 Å². The van der Waals surface area contributed by atoms with Gasteiger partial charge < -0.3 is 0 Å². The maximum absolute atomic E-state index is 12.6. The lowest BCUT2D eigenvalue weighted by Gasteiger charge is -1.95. The molecule has 0 amide bonds. The Balaban J connectivity index is 2.99. The highest BCUT2D eigenvalue weighted by molar-refractivity contribution is 5.51. The van der Waals surface area contributed by atoms with E-state index in [2.05, 4.69) is 4.98 Å². The van der Waals surface area contributed by atoms with E-state index < -0.39 is 5.95 Å². The maximum Gasteiger partial charge on any atom is 0.215 e. The van der Waals surface area contributed by atoms with Crippen LogP contribution in [0.2, 0.25) is 0 Å². The summed E-state index contributed by atoms with van der Waals surface area (Å²) in [5.41, 5.74) is 1.21. The Morgan fingerprint density at radius 3 is 3.00 bits per heavy atom. The van der Waals surface area contributed by atoms with Crippen molar-refractivity contribution in [2.24, 2.45) is 0 Å². The summed E-state index contributed by atoms with van der Waals surface area (Å²) in [4.78, 5) is 3.50. The topological polar surface area (TPSA) is 36.7 Å². The van der Waals surface area contributed by atoms with Crippen LogP contribution in [0.4, 0.5) is 4.39 Å². The smallest absolute Gasteiger partial charge is 0.215 e. The van der Waals surface area contributed by atoms with Crippen molar-refractivity contribution in [3.63, 3.8) is 0 Å². The molecule has 1 aromatic heterocycles. The molecule has 3 heteroatoms. The first-order valence-corrected chi connectivity index (χ1v) is 3.42. The molecule has 0 aliphatic heterocycles. The van der Waals surface area contributed by atoms with Crippen LogP contribution in [0, 0.1) is 24.2 Å². The predicted molar refractivity (Wildman–Crippen MR) is 43.6 cm³/mol. The molecule has 0 radical (unpaired) electrons. The quantitative estimate of drug-likeness (QED) is 0.468. The molecule has 0 aromatic carbocycles. The summed E-state index contributed by atoms with van der Waals surface area (Å²) >= 11 is 0. The molecule has 60 valence electrons. The normalized spacial score (nSPS) is 10.1. The van der Waals surface area contributed by atoms with Crippen molar-refractivity contribution in [2.45, 2.75) is 6.92 Å². The zero-order chi connectivity index (χ0) is 8.97. The van der Waals surface area contributed by atoms with Gasteiger partial charge >= 0.3 is 0 Å². The standard InChI is InChI=1S/C9H7FN2/c1-7-5-8(3-2-4-11)6-12-9(7)10/h2-3,5-6H,1H3. The average molecular weight is 162 g/mol. The number of halogens is 1. The van der Waals surface area contributed by atoms with E-state index in [0.29, 0.717) is 5.56 Å². The summed E-state index contributed by atoms with van der Waals surface area (Å²) in [6.07, 6.45) is 4.30. The van der Waals surface area contributed by atoms with E-state index >= 15 is 0 Å². The van der Waals surface area contributed by atoms with Crippen LogP contribution in [0.5, 0.6) is 0 Å². The van der Waals surface area contributed by atoms with Crippen LogP contribution in [0.25, 0.3) is 6.08 Å². The molecule has 0 N–H and O–H groups in total. The Morgan fingerprint density at radius 2 is 2.42 bits per heavy atom. The second-order valence-corrected chi connectivity index (χ2v) is 2.34. The summed E-state index contributed by atoms with van der Waals surface area (Å²) < 4.78 is 12.6. The number of nitriles is 1. The molecule has 1 rings (SSSR count). The van der Waals surface area contributed by atoms with Gasteiger partial charge in [0.2, 0.25) is 5.95 Å². The lowest BCUT2D eigenvalue weighted by molar-refractivity contribution is 0.574. The number of allylic oxidation sites excluding steroid dienone is 1. The van der Waals surface area contributed by atoms with E-state index in [1.807, 2.05) is 6.07 Å².